The minimum Gasteiger partial charge on any atom is -0.478 e. The SMILES string of the molecule is CC(=CCN1CCC(C)(C)CCC1=O)C(=O)O. The molecule has 0 bridgehead atoms. The molecule has 1 amide bonds. The molecule has 1 N–H and O–H groups in total. The number of hydrogen-bond donors (Lipinski definition) is 1. The van der Waals surface area contributed by atoms with E-state index in [1.54, 1.807) is 17.9 Å². The number of carbonyl (C=O) groups excluding carboxylic acids is 1. The first kappa shape index (κ1) is 13.7. The highest BCUT2D eigenvalue weighted by atomic mass is 16.4. The zero-order valence-electron chi connectivity index (χ0n) is 10.8. The van der Waals surface area contributed by atoms with Gasteiger partial charge in [0, 0.05) is 25.1 Å². The van der Waals surface area contributed by atoms with Crippen molar-refractivity contribution < 1.29 is 14.7 Å². The Morgan fingerprint density at radius 2 is 2.12 bits per heavy atom. The molecular formula is C13H21NO3. The first-order chi connectivity index (χ1) is 7.82. The maximum Gasteiger partial charge on any atom is 0.331 e. The number of carbonyl (C=O) groups is 2. The molecule has 0 aromatic carbocycles. The number of amides is 1. The Labute approximate surface area is 102 Å². The van der Waals surface area contributed by atoms with Crippen molar-refractivity contribution in [2.24, 2.45) is 5.41 Å². The number of rotatable bonds is 3. The summed E-state index contributed by atoms with van der Waals surface area (Å²) in [6.07, 6.45) is 4.05. The lowest BCUT2D eigenvalue weighted by Gasteiger charge is -2.22. The number of likely N-dealkylation sites (tertiary alicyclic amines) is 1. The summed E-state index contributed by atoms with van der Waals surface area (Å²) in [4.78, 5) is 24.2. The molecule has 0 saturated carbocycles. The highest BCUT2D eigenvalue weighted by molar-refractivity contribution is 5.86. The lowest BCUT2D eigenvalue weighted by molar-refractivity contribution is -0.133. The van der Waals surface area contributed by atoms with Crippen LogP contribution in [0.1, 0.15) is 40.0 Å². The van der Waals surface area contributed by atoms with Crippen LogP contribution in [0.5, 0.6) is 0 Å². The predicted molar refractivity (Wildman–Crippen MR) is 65.6 cm³/mol. The second kappa shape index (κ2) is 5.34. The van der Waals surface area contributed by atoms with Crippen molar-refractivity contribution in [1.82, 2.24) is 4.90 Å². The van der Waals surface area contributed by atoms with Gasteiger partial charge in [0.15, 0.2) is 0 Å². The molecule has 1 aliphatic rings. The molecule has 0 atom stereocenters. The summed E-state index contributed by atoms with van der Waals surface area (Å²) >= 11 is 0. The summed E-state index contributed by atoms with van der Waals surface area (Å²) in [6.45, 7) is 7.01. The summed E-state index contributed by atoms with van der Waals surface area (Å²) in [7, 11) is 0. The van der Waals surface area contributed by atoms with Gasteiger partial charge in [-0.05, 0) is 25.2 Å². The molecule has 0 aromatic rings. The predicted octanol–water partition coefficient (Wildman–Crippen LogP) is 2.06. The van der Waals surface area contributed by atoms with Crippen molar-refractivity contribution in [3.05, 3.63) is 11.6 Å². The second-order valence-electron chi connectivity index (χ2n) is 5.45. The number of aliphatic carboxylic acids is 1. The van der Waals surface area contributed by atoms with Crippen LogP contribution in [0.3, 0.4) is 0 Å². The molecule has 1 rings (SSSR count). The third-order valence-corrected chi connectivity index (χ3v) is 3.38. The fourth-order valence-corrected chi connectivity index (χ4v) is 1.82. The average Bonchev–Trinajstić information content (AvgIpc) is 2.36. The van der Waals surface area contributed by atoms with Crippen LogP contribution < -0.4 is 0 Å². The summed E-state index contributed by atoms with van der Waals surface area (Å²) in [6, 6.07) is 0. The molecule has 0 aliphatic carbocycles. The quantitative estimate of drug-likeness (QED) is 0.767. The molecule has 1 heterocycles. The summed E-state index contributed by atoms with van der Waals surface area (Å²) < 4.78 is 0. The Morgan fingerprint density at radius 3 is 2.71 bits per heavy atom. The molecule has 4 nitrogen and oxygen atoms in total. The average molecular weight is 239 g/mol. The smallest absolute Gasteiger partial charge is 0.331 e. The van der Waals surface area contributed by atoms with Crippen molar-refractivity contribution in [2.45, 2.75) is 40.0 Å². The van der Waals surface area contributed by atoms with Gasteiger partial charge in [0.25, 0.3) is 0 Å². The second-order valence-corrected chi connectivity index (χ2v) is 5.45. The Kier molecular flexibility index (Phi) is 4.32. The molecule has 96 valence electrons. The monoisotopic (exact) mass is 239 g/mol. The van der Waals surface area contributed by atoms with Gasteiger partial charge in [0.2, 0.25) is 5.91 Å². The highest BCUT2D eigenvalue weighted by Gasteiger charge is 2.26. The van der Waals surface area contributed by atoms with Gasteiger partial charge in [-0.25, -0.2) is 4.79 Å². The fourth-order valence-electron chi connectivity index (χ4n) is 1.82. The Bertz CT molecular complexity index is 345. The minimum absolute atomic E-state index is 0.130. The van der Waals surface area contributed by atoms with Crippen LogP contribution in [0, 0.1) is 5.41 Å². The summed E-state index contributed by atoms with van der Waals surface area (Å²) in [5.41, 5.74) is 0.497. The van der Waals surface area contributed by atoms with E-state index in [1.807, 2.05) is 0 Å². The molecule has 1 fully saturated rings. The van der Waals surface area contributed by atoms with Crippen LogP contribution in [0.2, 0.25) is 0 Å². The fraction of sp³-hybridized carbons (Fsp3) is 0.692. The van der Waals surface area contributed by atoms with Crippen LogP contribution >= 0.6 is 0 Å². The van der Waals surface area contributed by atoms with Gasteiger partial charge in [-0.1, -0.05) is 19.9 Å². The van der Waals surface area contributed by atoms with Crippen molar-refractivity contribution >= 4 is 11.9 Å². The van der Waals surface area contributed by atoms with Crippen molar-refractivity contribution in [3.8, 4) is 0 Å². The Morgan fingerprint density at radius 1 is 1.47 bits per heavy atom. The first-order valence-corrected chi connectivity index (χ1v) is 6.00. The Hall–Kier alpha value is -1.32. The van der Waals surface area contributed by atoms with E-state index in [9.17, 15) is 9.59 Å². The summed E-state index contributed by atoms with van der Waals surface area (Å²) in [5.74, 6) is -0.794. The zero-order valence-corrected chi connectivity index (χ0v) is 10.8. The third-order valence-electron chi connectivity index (χ3n) is 3.38. The summed E-state index contributed by atoms with van der Waals surface area (Å²) in [5, 5.41) is 8.74. The van der Waals surface area contributed by atoms with Gasteiger partial charge in [-0.3, -0.25) is 4.79 Å². The standard InChI is InChI=1S/C13H21NO3/c1-10(12(16)17)5-8-14-9-7-13(2,3)6-4-11(14)15/h5H,4,6-9H2,1-3H3,(H,16,17). The molecule has 0 unspecified atom stereocenters. The van der Waals surface area contributed by atoms with Gasteiger partial charge < -0.3 is 10.0 Å². The van der Waals surface area contributed by atoms with Crippen LogP contribution in [0.4, 0.5) is 0 Å². The maximum absolute atomic E-state index is 11.8. The van der Waals surface area contributed by atoms with Crippen molar-refractivity contribution in [3.63, 3.8) is 0 Å². The van der Waals surface area contributed by atoms with Crippen LogP contribution in [0.15, 0.2) is 11.6 Å². The van der Waals surface area contributed by atoms with E-state index >= 15 is 0 Å². The van der Waals surface area contributed by atoms with E-state index in [4.69, 9.17) is 5.11 Å². The van der Waals surface area contributed by atoms with Gasteiger partial charge in [0.05, 0.1) is 0 Å². The van der Waals surface area contributed by atoms with E-state index in [0.717, 1.165) is 19.4 Å². The molecular weight excluding hydrogens is 218 g/mol. The number of nitrogens with zero attached hydrogens (tertiary/aromatic N) is 1. The normalized spacial score (nSPS) is 21.2. The van der Waals surface area contributed by atoms with E-state index in [-0.39, 0.29) is 11.3 Å². The first-order valence-electron chi connectivity index (χ1n) is 6.00. The Balaban J connectivity index is 2.62. The molecule has 1 saturated heterocycles. The number of carboxylic acid groups (broad SMARTS) is 1. The van der Waals surface area contributed by atoms with Gasteiger partial charge in [-0.15, -0.1) is 0 Å². The van der Waals surface area contributed by atoms with Gasteiger partial charge in [-0.2, -0.15) is 0 Å². The molecule has 17 heavy (non-hydrogen) atoms. The van der Waals surface area contributed by atoms with Crippen LogP contribution in [0.25, 0.3) is 0 Å². The maximum atomic E-state index is 11.8. The number of carboxylic acids is 1. The van der Waals surface area contributed by atoms with E-state index < -0.39 is 5.97 Å². The molecule has 4 heteroatoms. The number of hydrogen-bond acceptors (Lipinski definition) is 2. The lowest BCUT2D eigenvalue weighted by atomic mass is 9.85. The van der Waals surface area contributed by atoms with Crippen molar-refractivity contribution in [1.29, 1.82) is 0 Å². The molecule has 1 aliphatic heterocycles. The minimum atomic E-state index is -0.924. The van der Waals surface area contributed by atoms with Crippen LogP contribution in [-0.2, 0) is 9.59 Å². The lowest BCUT2D eigenvalue weighted by Crippen LogP contribution is -2.31. The van der Waals surface area contributed by atoms with Crippen molar-refractivity contribution in [2.75, 3.05) is 13.1 Å². The van der Waals surface area contributed by atoms with Gasteiger partial charge >= 0.3 is 5.97 Å². The topological polar surface area (TPSA) is 57.6 Å². The third kappa shape index (κ3) is 4.21. The van der Waals surface area contributed by atoms with Crippen LogP contribution in [-0.4, -0.2) is 35.0 Å². The highest BCUT2D eigenvalue weighted by Crippen LogP contribution is 2.30. The molecule has 0 radical (unpaired) electrons. The largest absolute Gasteiger partial charge is 0.478 e. The molecule has 0 spiro atoms. The van der Waals surface area contributed by atoms with E-state index in [0.29, 0.717) is 18.5 Å². The van der Waals surface area contributed by atoms with E-state index in [2.05, 4.69) is 13.8 Å². The zero-order chi connectivity index (χ0) is 13.1. The van der Waals surface area contributed by atoms with E-state index in [1.165, 1.54) is 0 Å². The molecule has 0 aromatic heterocycles. The van der Waals surface area contributed by atoms with Gasteiger partial charge in [0.1, 0.15) is 0 Å².